The summed E-state index contributed by atoms with van der Waals surface area (Å²) in [6.07, 6.45) is 6.53. The van der Waals surface area contributed by atoms with Gasteiger partial charge in [-0.1, -0.05) is 0 Å². The van der Waals surface area contributed by atoms with Crippen LogP contribution < -0.4 is 5.32 Å². The van der Waals surface area contributed by atoms with Crippen molar-refractivity contribution >= 4 is 29.9 Å². The SMILES string of the molecule is CCNC(=NC)N1CCC(OCC2CCCCO2)CC1.I. The maximum Gasteiger partial charge on any atom is 0.193 e. The van der Waals surface area contributed by atoms with E-state index in [0.29, 0.717) is 12.2 Å². The van der Waals surface area contributed by atoms with Gasteiger partial charge in [0, 0.05) is 33.3 Å². The number of nitrogens with one attached hydrogen (secondary N) is 1. The zero-order valence-electron chi connectivity index (χ0n) is 13.3. The molecule has 5 nitrogen and oxygen atoms in total. The van der Waals surface area contributed by atoms with E-state index < -0.39 is 0 Å². The van der Waals surface area contributed by atoms with E-state index in [1.165, 1.54) is 12.8 Å². The van der Waals surface area contributed by atoms with Gasteiger partial charge in [0.15, 0.2) is 5.96 Å². The Bertz CT molecular complexity index is 301. The fourth-order valence-electron chi connectivity index (χ4n) is 2.91. The molecule has 2 rings (SSSR count). The molecular formula is C15H30IN3O2. The highest BCUT2D eigenvalue weighted by atomic mass is 127. The lowest BCUT2D eigenvalue weighted by atomic mass is 10.1. The molecular weight excluding hydrogens is 381 g/mol. The van der Waals surface area contributed by atoms with Crippen molar-refractivity contribution in [2.45, 2.75) is 51.2 Å². The van der Waals surface area contributed by atoms with Crippen molar-refractivity contribution in [3.63, 3.8) is 0 Å². The molecule has 0 aromatic rings. The predicted molar refractivity (Wildman–Crippen MR) is 96.6 cm³/mol. The van der Waals surface area contributed by atoms with Crippen LogP contribution >= 0.6 is 24.0 Å². The first-order valence-electron chi connectivity index (χ1n) is 8.02. The molecule has 0 spiro atoms. The molecule has 21 heavy (non-hydrogen) atoms. The van der Waals surface area contributed by atoms with Gasteiger partial charge < -0.3 is 19.7 Å². The molecule has 124 valence electrons. The zero-order chi connectivity index (χ0) is 14.2. The largest absolute Gasteiger partial charge is 0.376 e. The number of piperidine rings is 1. The van der Waals surface area contributed by atoms with Crippen LogP contribution in [0.4, 0.5) is 0 Å². The van der Waals surface area contributed by atoms with Gasteiger partial charge in [-0.05, 0) is 39.0 Å². The molecule has 2 aliphatic heterocycles. The van der Waals surface area contributed by atoms with E-state index in [4.69, 9.17) is 9.47 Å². The number of hydrogen-bond donors (Lipinski definition) is 1. The Morgan fingerprint density at radius 1 is 1.29 bits per heavy atom. The maximum absolute atomic E-state index is 6.03. The van der Waals surface area contributed by atoms with Crippen molar-refractivity contribution in [2.24, 2.45) is 4.99 Å². The first-order valence-corrected chi connectivity index (χ1v) is 8.02. The highest BCUT2D eigenvalue weighted by Crippen LogP contribution is 2.17. The number of guanidine groups is 1. The molecule has 6 heteroatoms. The van der Waals surface area contributed by atoms with Gasteiger partial charge in [0.1, 0.15) is 0 Å². The fourth-order valence-corrected chi connectivity index (χ4v) is 2.91. The average Bonchev–Trinajstić information content (AvgIpc) is 2.52. The third-order valence-electron chi connectivity index (χ3n) is 4.08. The third-order valence-corrected chi connectivity index (χ3v) is 4.08. The average molecular weight is 411 g/mol. The summed E-state index contributed by atoms with van der Waals surface area (Å²) in [6, 6.07) is 0. The molecule has 0 aromatic carbocycles. The van der Waals surface area contributed by atoms with E-state index in [9.17, 15) is 0 Å². The standard InChI is InChI=1S/C15H29N3O2.HI/c1-3-17-15(16-2)18-9-7-13(8-10-18)20-12-14-6-4-5-11-19-14;/h13-14H,3-12H2,1-2H3,(H,16,17);1H. The van der Waals surface area contributed by atoms with E-state index >= 15 is 0 Å². The van der Waals surface area contributed by atoms with E-state index in [1.807, 2.05) is 7.05 Å². The van der Waals surface area contributed by atoms with Gasteiger partial charge in [0.2, 0.25) is 0 Å². The second-order valence-electron chi connectivity index (χ2n) is 5.59. The number of likely N-dealkylation sites (tertiary alicyclic amines) is 1. The Morgan fingerprint density at radius 2 is 2.05 bits per heavy atom. The van der Waals surface area contributed by atoms with Crippen molar-refractivity contribution in [1.82, 2.24) is 10.2 Å². The Labute approximate surface area is 145 Å². The highest BCUT2D eigenvalue weighted by Gasteiger charge is 2.23. The molecule has 0 aliphatic carbocycles. The molecule has 2 heterocycles. The van der Waals surface area contributed by atoms with E-state index in [1.54, 1.807) is 0 Å². The van der Waals surface area contributed by atoms with E-state index in [2.05, 4.69) is 22.1 Å². The Morgan fingerprint density at radius 3 is 2.62 bits per heavy atom. The van der Waals surface area contributed by atoms with Crippen molar-refractivity contribution in [1.29, 1.82) is 0 Å². The number of halogens is 1. The summed E-state index contributed by atoms with van der Waals surface area (Å²) in [5.41, 5.74) is 0. The topological polar surface area (TPSA) is 46.1 Å². The summed E-state index contributed by atoms with van der Waals surface area (Å²) < 4.78 is 11.7. The van der Waals surface area contributed by atoms with Gasteiger partial charge in [-0.3, -0.25) is 4.99 Å². The van der Waals surface area contributed by atoms with Crippen molar-refractivity contribution in [3.8, 4) is 0 Å². The van der Waals surface area contributed by atoms with Gasteiger partial charge in [0.25, 0.3) is 0 Å². The molecule has 1 atom stereocenters. The molecule has 2 fully saturated rings. The minimum atomic E-state index is 0. The summed E-state index contributed by atoms with van der Waals surface area (Å²) in [6.45, 7) is 6.75. The lowest BCUT2D eigenvalue weighted by Crippen LogP contribution is -2.47. The normalized spacial score (nSPS) is 24.6. The fraction of sp³-hybridized carbons (Fsp3) is 0.933. The summed E-state index contributed by atoms with van der Waals surface area (Å²) in [7, 11) is 1.85. The van der Waals surface area contributed by atoms with Gasteiger partial charge in [-0.2, -0.15) is 0 Å². The van der Waals surface area contributed by atoms with Crippen LogP contribution in [0.3, 0.4) is 0 Å². The Balaban J connectivity index is 0.00000220. The number of hydrogen-bond acceptors (Lipinski definition) is 3. The molecule has 2 saturated heterocycles. The molecule has 0 bridgehead atoms. The summed E-state index contributed by atoms with van der Waals surface area (Å²) in [4.78, 5) is 6.64. The van der Waals surface area contributed by atoms with Gasteiger partial charge in [-0.25, -0.2) is 0 Å². The van der Waals surface area contributed by atoms with Gasteiger partial charge >= 0.3 is 0 Å². The van der Waals surface area contributed by atoms with Crippen LogP contribution in [0.1, 0.15) is 39.0 Å². The van der Waals surface area contributed by atoms with Crippen LogP contribution in [0.25, 0.3) is 0 Å². The number of aliphatic imine (C=N–C) groups is 1. The molecule has 0 amide bonds. The molecule has 1 N–H and O–H groups in total. The Kier molecular flexibility index (Phi) is 9.59. The first kappa shape index (κ1) is 19.0. The highest BCUT2D eigenvalue weighted by molar-refractivity contribution is 14.0. The van der Waals surface area contributed by atoms with Crippen molar-refractivity contribution in [3.05, 3.63) is 0 Å². The maximum atomic E-state index is 6.03. The second-order valence-corrected chi connectivity index (χ2v) is 5.59. The predicted octanol–water partition coefficient (Wildman–Crippen LogP) is 2.25. The smallest absolute Gasteiger partial charge is 0.193 e. The van der Waals surface area contributed by atoms with Crippen molar-refractivity contribution in [2.75, 3.05) is 39.9 Å². The lowest BCUT2D eigenvalue weighted by Gasteiger charge is -2.34. The van der Waals surface area contributed by atoms with E-state index in [0.717, 1.165) is 58.1 Å². The number of nitrogens with zero attached hydrogens (tertiary/aromatic N) is 2. The van der Waals surface area contributed by atoms with Crippen LogP contribution in [0.2, 0.25) is 0 Å². The van der Waals surface area contributed by atoms with Crippen LogP contribution in [0.5, 0.6) is 0 Å². The minimum absolute atomic E-state index is 0. The number of ether oxygens (including phenoxy) is 2. The minimum Gasteiger partial charge on any atom is -0.376 e. The lowest BCUT2D eigenvalue weighted by molar-refractivity contribution is -0.0721. The van der Waals surface area contributed by atoms with Gasteiger partial charge in [-0.15, -0.1) is 24.0 Å². The second kappa shape index (κ2) is 10.6. The Hall–Kier alpha value is -0.0800. The van der Waals surface area contributed by atoms with Crippen LogP contribution in [-0.4, -0.2) is 63.0 Å². The third kappa shape index (κ3) is 6.28. The summed E-state index contributed by atoms with van der Waals surface area (Å²) >= 11 is 0. The zero-order valence-corrected chi connectivity index (χ0v) is 15.7. The molecule has 0 radical (unpaired) electrons. The molecule has 1 unspecified atom stereocenters. The molecule has 2 aliphatic rings. The summed E-state index contributed by atoms with van der Waals surface area (Å²) in [5, 5.41) is 3.32. The van der Waals surface area contributed by atoms with Crippen LogP contribution in [0.15, 0.2) is 4.99 Å². The molecule has 0 aromatic heterocycles. The van der Waals surface area contributed by atoms with E-state index in [-0.39, 0.29) is 24.0 Å². The van der Waals surface area contributed by atoms with Crippen LogP contribution in [0, 0.1) is 0 Å². The summed E-state index contributed by atoms with van der Waals surface area (Å²) in [5.74, 6) is 1.02. The molecule has 0 saturated carbocycles. The van der Waals surface area contributed by atoms with Gasteiger partial charge in [0.05, 0.1) is 18.8 Å². The number of rotatable bonds is 4. The first-order chi connectivity index (χ1) is 9.83. The quantitative estimate of drug-likeness (QED) is 0.438. The van der Waals surface area contributed by atoms with Crippen LogP contribution in [-0.2, 0) is 9.47 Å². The van der Waals surface area contributed by atoms with Crippen molar-refractivity contribution < 1.29 is 9.47 Å². The monoisotopic (exact) mass is 411 g/mol.